The summed E-state index contributed by atoms with van der Waals surface area (Å²) >= 11 is 0. The van der Waals surface area contributed by atoms with Crippen molar-refractivity contribution in [3.63, 3.8) is 0 Å². The molecular formula is C15H23F3N4O4S. The van der Waals surface area contributed by atoms with Gasteiger partial charge in [0.25, 0.3) is 0 Å². The van der Waals surface area contributed by atoms with Crippen molar-refractivity contribution < 1.29 is 31.5 Å². The number of aromatic nitrogens is 2. The fourth-order valence-electron chi connectivity index (χ4n) is 3.49. The lowest BCUT2D eigenvalue weighted by Gasteiger charge is -2.36. The molecule has 3 heterocycles. The number of carbonyl (C=O) groups is 1. The predicted octanol–water partition coefficient (Wildman–Crippen LogP) is 0.909. The van der Waals surface area contributed by atoms with Crippen LogP contribution in [0.3, 0.4) is 0 Å². The maximum Gasteiger partial charge on any atom is 0.490 e. The molecule has 0 aliphatic carbocycles. The third-order valence-electron chi connectivity index (χ3n) is 4.72. The average molecular weight is 412 g/mol. The quantitative estimate of drug-likeness (QED) is 0.793. The maximum absolute atomic E-state index is 11.7. The second kappa shape index (κ2) is 8.15. The van der Waals surface area contributed by atoms with E-state index >= 15 is 0 Å². The van der Waals surface area contributed by atoms with Crippen LogP contribution in [-0.2, 0) is 28.4 Å². The van der Waals surface area contributed by atoms with Gasteiger partial charge in [-0.2, -0.15) is 18.3 Å². The molecule has 154 valence electrons. The van der Waals surface area contributed by atoms with Crippen LogP contribution < -0.4 is 0 Å². The predicted molar refractivity (Wildman–Crippen MR) is 90.2 cm³/mol. The number of aliphatic carboxylic acids is 1. The molecule has 2 fully saturated rings. The minimum Gasteiger partial charge on any atom is -0.475 e. The zero-order valence-electron chi connectivity index (χ0n) is 15.1. The van der Waals surface area contributed by atoms with E-state index in [9.17, 15) is 21.6 Å². The lowest BCUT2D eigenvalue weighted by Crippen LogP contribution is -2.44. The second-order valence-corrected chi connectivity index (χ2v) is 8.83. The molecule has 2 saturated heterocycles. The third-order valence-corrected chi connectivity index (χ3v) is 5.95. The summed E-state index contributed by atoms with van der Waals surface area (Å²) < 4.78 is 58.7. The van der Waals surface area contributed by atoms with Gasteiger partial charge in [-0.3, -0.25) is 9.58 Å². The Bertz CT molecular complexity index is 765. The highest BCUT2D eigenvalue weighted by molar-refractivity contribution is 7.88. The average Bonchev–Trinajstić information content (AvgIpc) is 3.13. The standard InChI is InChI=1S/C13H22N4O2S.C2HF3O2/c1-15-7-11(6-14-15)8-16-5-3-4-12-9-17(10-13(12)16)20(2,18)19;3-2(4,5)1(6)7/h6-7,12-13H,3-5,8-10H2,1-2H3;(H,6,7)/t12-,13+;/m1./s1. The molecule has 1 aromatic rings. The minimum absolute atomic E-state index is 0.360. The normalized spacial score (nSPS) is 24.2. The van der Waals surface area contributed by atoms with E-state index in [4.69, 9.17) is 9.90 Å². The molecule has 0 spiro atoms. The van der Waals surface area contributed by atoms with Crippen molar-refractivity contribution in [3.8, 4) is 0 Å². The molecule has 0 saturated carbocycles. The molecule has 1 aromatic heterocycles. The highest BCUT2D eigenvalue weighted by Crippen LogP contribution is 2.32. The smallest absolute Gasteiger partial charge is 0.475 e. The number of piperidine rings is 1. The lowest BCUT2D eigenvalue weighted by molar-refractivity contribution is -0.192. The summed E-state index contributed by atoms with van der Waals surface area (Å²) in [6.07, 6.45) is 2.45. The van der Waals surface area contributed by atoms with Gasteiger partial charge in [0.05, 0.1) is 12.5 Å². The SMILES string of the molecule is Cn1cc(CN2CCC[C@@H]3CN(S(C)(=O)=O)C[C@@H]32)cn1.O=C(O)C(F)(F)F. The highest BCUT2D eigenvalue weighted by Gasteiger charge is 2.41. The van der Waals surface area contributed by atoms with E-state index in [1.165, 1.54) is 11.8 Å². The fourth-order valence-corrected chi connectivity index (χ4v) is 4.38. The number of halogens is 3. The van der Waals surface area contributed by atoms with Crippen LogP contribution in [-0.4, -0.2) is 76.6 Å². The Morgan fingerprint density at radius 1 is 1.37 bits per heavy atom. The van der Waals surface area contributed by atoms with Crippen molar-refractivity contribution in [2.24, 2.45) is 13.0 Å². The van der Waals surface area contributed by atoms with Gasteiger partial charge in [0.15, 0.2) is 0 Å². The number of nitrogens with zero attached hydrogens (tertiary/aromatic N) is 4. The summed E-state index contributed by atoms with van der Waals surface area (Å²) in [6.45, 7) is 3.25. The monoisotopic (exact) mass is 412 g/mol. The van der Waals surface area contributed by atoms with Crippen molar-refractivity contribution in [1.29, 1.82) is 0 Å². The molecule has 2 aliphatic heterocycles. The molecule has 0 radical (unpaired) electrons. The Labute approximate surface area is 155 Å². The number of alkyl halides is 3. The Morgan fingerprint density at radius 3 is 2.48 bits per heavy atom. The molecule has 2 atom stereocenters. The Kier molecular flexibility index (Phi) is 6.53. The van der Waals surface area contributed by atoms with Crippen LogP contribution in [0.15, 0.2) is 12.4 Å². The number of likely N-dealkylation sites (tertiary alicyclic amines) is 1. The van der Waals surface area contributed by atoms with E-state index in [0.29, 0.717) is 25.0 Å². The zero-order chi connectivity index (χ0) is 20.4. The first-order chi connectivity index (χ1) is 12.4. The van der Waals surface area contributed by atoms with Crippen LogP contribution in [0.25, 0.3) is 0 Å². The van der Waals surface area contributed by atoms with Gasteiger partial charge < -0.3 is 5.11 Å². The van der Waals surface area contributed by atoms with Crippen molar-refractivity contribution in [2.75, 3.05) is 25.9 Å². The van der Waals surface area contributed by atoms with Crippen molar-refractivity contribution in [2.45, 2.75) is 31.6 Å². The molecule has 0 aromatic carbocycles. The topological polar surface area (TPSA) is 95.7 Å². The summed E-state index contributed by atoms with van der Waals surface area (Å²) in [5.74, 6) is -2.28. The van der Waals surface area contributed by atoms with Gasteiger partial charge in [-0.1, -0.05) is 0 Å². The second-order valence-electron chi connectivity index (χ2n) is 6.85. The number of carboxylic acid groups (broad SMARTS) is 1. The summed E-state index contributed by atoms with van der Waals surface area (Å²) in [7, 11) is -1.14. The Hall–Kier alpha value is -1.66. The number of fused-ring (bicyclic) bond motifs is 1. The van der Waals surface area contributed by atoms with Crippen LogP contribution in [0.2, 0.25) is 0 Å². The number of sulfonamides is 1. The van der Waals surface area contributed by atoms with Gasteiger partial charge in [-0.25, -0.2) is 17.5 Å². The van der Waals surface area contributed by atoms with Crippen LogP contribution in [0.5, 0.6) is 0 Å². The van der Waals surface area contributed by atoms with E-state index in [0.717, 1.165) is 25.9 Å². The van der Waals surface area contributed by atoms with Gasteiger partial charge in [-0.05, 0) is 25.3 Å². The van der Waals surface area contributed by atoms with Crippen LogP contribution in [0.1, 0.15) is 18.4 Å². The van der Waals surface area contributed by atoms with E-state index in [-0.39, 0.29) is 0 Å². The van der Waals surface area contributed by atoms with Crippen LogP contribution in [0.4, 0.5) is 13.2 Å². The zero-order valence-corrected chi connectivity index (χ0v) is 15.9. The number of hydrogen-bond acceptors (Lipinski definition) is 5. The molecule has 3 rings (SSSR count). The van der Waals surface area contributed by atoms with Gasteiger partial charge >= 0.3 is 12.1 Å². The molecule has 0 unspecified atom stereocenters. The van der Waals surface area contributed by atoms with Gasteiger partial charge in [0.1, 0.15) is 0 Å². The largest absolute Gasteiger partial charge is 0.490 e. The molecule has 27 heavy (non-hydrogen) atoms. The summed E-state index contributed by atoms with van der Waals surface area (Å²) in [6, 6.07) is 0.360. The first-order valence-electron chi connectivity index (χ1n) is 8.34. The molecule has 1 N–H and O–H groups in total. The molecule has 2 aliphatic rings. The maximum atomic E-state index is 11.7. The van der Waals surface area contributed by atoms with E-state index in [1.807, 2.05) is 24.1 Å². The fraction of sp³-hybridized carbons (Fsp3) is 0.733. The number of aryl methyl sites for hydroxylation is 1. The Morgan fingerprint density at radius 2 is 2.00 bits per heavy atom. The summed E-state index contributed by atoms with van der Waals surface area (Å²) in [4.78, 5) is 11.3. The molecule has 12 heteroatoms. The first-order valence-corrected chi connectivity index (χ1v) is 10.2. The van der Waals surface area contributed by atoms with Gasteiger partial charge in [-0.15, -0.1) is 0 Å². The Balaban J connectivity index is 0.000000321. The highest BCUT2D eigenvalue weighted by atomic mass is 32.2. The number of carboxylic acids is 1. The molecular weight excluding hydrogens is 389 g/mol. The molecule has 0 bridgehead atoms. The van der Waals surface area contributed by atoms with E-state index in [2.05, 4.69) is 10.00 Å². The minimum atomic E-state index is -5.08. The first kappa shape index (κ1) is 21.6. The number of hydrogen-bond donors (Lipinski definition) is 1. The van der Waals surface area contributed by atoms with Gasteiger partial charge in [0.2, 0.25) is 10.0 Å². The van der Waals surface area contributed by atoms with Crippen molar-refractivity contribution in [3.05, 3.63) is 18.0 Å². The third kappa shape index (κ3) is 5.91. The van der Waals surface area contributed by atoms with E-state index in [1.54, 1.807) is 4.31 Å². The molecule has 8 nitrogen and oxygen atoms in total. The van der Waals surface area contributed by atoms with Gasteiger partial charge in [0, 0.05) is 44.5 Å². The van der Waals surface area contributed by atoms with E-state index < -0.39 is 22.2 Å². The molecule has 0 amide bonds. The van der Waals surface area contributed by atoms with Crippen LogP contribution >= 0.6 is 0 Å². The summed E-state index contributed by atoms with van der Waals surface area (Å²) in [5, 5.41) is 11.3. The van der Waals surface area contributed by atoms with Crippen LogP contribution in [0, 0.1) is 5.92 Å². The lowest BCUT2D eigenvalue weighted by atomic mass is 9.92. The summed E-state index contributed by atoms with van der Waals surface area (Å²) in [5.41, 5.74) is 1.20. The number of rotatable bonds is 3. The van der Waals surface area contributed by atoms with Crippen molar-refractivity contribution in [1.82, 2.24) is 19.0 Å². The van der Waals surface area contributed by atoms with Crippen molar-refractivity contribution >= 4 is 16.0 Å².